The summed E-state index contributed by atoms with van der Waals surface area (Å²) < 4.78 is 35.5. The first kappa shape index (κ1) is 11.1. The molecule has 1 aliphatic rings. The highest BCUT2D eigenvalue weighted by Crippen LogP contribution is 2.07. The summed E-state index contributed by atoms with van der Waals surface area (Å²) in [5.74, 6) is 1.26. The van der Waals surface area contributed by atoms with Crippen molar-refractivity contribution >= 4 is 20.8 Å². The van der Waals surface area contributed by atoms with Crippen molar-refractivity contribution in [2.75, 3.05) is 30.3 Å². The van der Waals surface area contributed by atoms with Crippen LogP contribution in [0.15, 0.2) is 0 Å². The van der Waals surface area contributed by atoms with Gasteiger partial charge in [0.05, 0.1) is 5.75 Å². The lowest BCUT2D eigenvalue weighted by Crippen LogP contribution is -2.34. The number of rotatable bonds is 2. The van der Waals surface area contributed by atoms with Crippen molar-refractivity contribution in [2.24, 2.45) is 0 Å². The third kappa shape index (κ3) is 3.03. The van der Waals surface area contributed by atoms with E-state index >= 15 is 0 Å². The van der Waals surface area contributed by atoms with E-state index < -0.39 is 20.8 Å². The van der Waals surface area contributed by atoms with Gasteiger partial charge in [0.1, 0.15) is 0 Å². The molecule has 0 amide bonds. The van der Waals surface area contributed by atoms with Crippen LogP contribution in [-0.4, -0.2) is 47.3 Å². The fourth-order valence-electron chi connectivity index (χ4n) is 1.28. The van der Waals surface area contributed by atoms with Crippen molar-refractivity contribution in [3.05, 3.63) is 0 Å². The van der Waals surface area contributed by atoms with Crippen LogP contribution in [0, 0.1) is 0 Å². The smallest absolute Gasteiger partial charge is 0.213 e. The van der Waals surface area contributed by atoms with Crippen molar-refractivity contribution in [2.45, 2.75) is 13.3 Å². The van der Waals surface area contributed by atoms with E-state index in [1.54, 1.807) is 6.92 Å². The van der Waals surface area contributed by atoms with Crippen LogP contribution in [0.3, 0.4) is 0 Å². The van der Waals surface area contributed by atoms with E-state index in [2.05, 4.69) is 0 Å². The minimum Gasteiger partial charge on any atom is -0.260 e. The molecule has 0 aliphatic carbocycles. The Labute approximate surface area is 81.8 Å². The van der Waals surface area contributed by atoms with E-state index in [9.17, 15) is 12.6 Å². The van der Waals surface area contributed by atoms with E-state index in [0.29, 0.717) is 31.0 Å². The lowest BCUT2D eigenvalue weighted by atomic mass is 10.5. The number of nitrogens with zero attached hydrogens (tertiary/aromatic N) is 1. The van der Waals surface area contributed by atoms with Gasteiger partial charge in [-0.15, -0.1) is 0 Å². The highest BCUT2D eigenvalue weighted by Gasteiger charge is 2.22. The van der Waals surface area contributed by atoms with Gasteiger partial charge in [-0.05, 0) is 13.3 Å². The van der Waals surface area contributed by atoms with Crippen LogP contribution in [0.25, 0.3) is 0 Å². The average Bonchev–Trinajstić information content (AvgIpc) is 2.30. The predicted molar refractivity (Wildman–Crippen MR) is 53.5 cm³/mol. The molecule has 0 aromatic heterocycles. The van der Waals surface area contributed by atoms with Crippen LogP contribution in [0.5, 0.6) is 0 Å². The maximum absolute atomic E-state index is 11.4. The number of hydrogen-bond donors (Lipinski definition) is 0. The minimum atomic E-state index is -3.07. The van der Waals surface area contributed by atoms with Crippen LogP contribution in [0.2, 0.25) is 0 Å². The standard InChI is InChI=1S/C7H15NO3S2/c1-2-13(10,11)8-4-3-6-12(9)7-5-8/h2-7H2,1H3. The van der Waals surface area contributed by atoms with Gasteiger partial charge in [-0.2, -0.15) is 0 Å². The van der Waals surface area contributed by atoms with E-state index in [-0.39, 0.29) is 5.75 Å². The molecule has 1 heterocycles. The summed E-state index contributed by atoms with van der Waals surface area (Å²) in [5.41, 5.74) is 0. The van der Waals surface area contributed by atoms with E-state index in [1.807, 2.05) is 0 Å². The Morgan fingerprint density at radius 1 is 1.31 bits per heavy atom. The number of hydrogen-bond acceptors (Lipinski definition) is 3. The molecule has 0 spiro atoms. The molecule has 4 nitrogen and oxygen atoms in total. The molecule has 13 heavy (non-hydrogen) atoms. The molecule has 0 N–H and O–H groups in total. The molecule has 1 unspecified atom stereocenters. The molecule has 1 atom stereocenters. The molecule has 1 rings (SSSR count). The highest BCUT2D eigenvalue weighted by molar-refractivity contribution is 7.89. The van der Waals surface area contributed by atoms with Crippen molar-refractivity contribution in [3.8, 4) is 0 Å². The van der Waals surface area contributed by atoms with Crippen molar-refractivity contribution in [3.63, 3.8) is 0 Å². The second kappa shape index (κ2) is 4.52. The van der Waals surface area contributed by atoms with E-state index in [0.717, 1.165) is 0 Å². The molecule has 1 aliphatic heterocycles. The third-order valence-electron chi connectivity index (χ3n) is 2.11. The van der Waals surface area contributed by atoms with E-state index in [1.165, 1.54) is 4.31 Å². The van der Waals surface area contributed by atoms with Crippen LogP contribution in [-0.2, 0) is 20.8 Å². The Bertz CT molecular complexity index is 286. The van der Waals surface area contributed by atoms with Gasteiger partial charge < -0.3 is 0 Å². The minimum absolute atomic E-state index is 0.139. The lowest BCUT2D eigenvalue weighted by molar-refractivity contribution is 0.436. The summed E-state index contributed by atoms with van der Waals surface area (Å²) >= 11 is 0. The molecule has 1 fully saturated rings. The maximum Gasteiger partial charge on any atom is 0.213 e. The van der Waals surface area contributed by atoms with Gasteiger partial charge in [0.15, 0.2) is 0 Å². The van der Waals surface area contributed by atoms with Crippen molar-refractivity contribution < 1.29 is 12.6 Å². The average molecular weight is 225 g/mol. The molecule has 6 heteroatoms. The second-order valence-corrected chi connectivity index (χ2v) is 6.95. The van der Waals surface area contributed by atoms with Crippen LogP contribution in [0.1, 0.15) is 13.3 Å². The summed E-state index contributed by atoms with van der Waals surface area (Å²) in [4.78, 5) is 0. The summed E-state index contributed by atoms with van der Waals surface area (Å²) in [7, 11) is -3.89. The van der Waals surface area contributed by atoms with Gasteiger partial charge in [-0.1, -0.05) is 0 Å². The molecular weight excluding hydrogens is 210 g/mol. The molecule has 1 saturated heterocycles. The molecule has 0 aromatic rings. The molecule has 0 saturated carbocycles. The van der Waals surface area contributed by atoms with Crippen molar-refractivity contribution in [1.82, 2.24) is 4.31 Å². The summed E-state index contributed by atoms with van der Waals surface area (Å²) in [6.45, 7) is 2.59. The van der Waals surface area contributed by atoms with Gasteiger partial charge in [-0.25, -0.2) is 12.7 Å². The Hall–Kier alpha value is 0.0600. The molecule has 78 valence electrons. The van der Waals surface area contributed by atoms with Gasteiger partial charge in [0.25, 0.3) is 0 Å². The second-order valence-electron chi connectivity index (χ2n) is 3.00. The van der Waals surface area contributed by atoms with Crippen LogP contribution in [0.4, 0.5) is 0 Å². The zero-order valence-electron chi connectivity index (χ0n) is 7.73. The van der Waals surface area contributed by atoms with Gasteiger partial charge in [0.2, 0.25) is 10.0 Å². The Morgan fingerprint density at radius 2 is 2.00 bits per heavy atom. The van der Waals surface area contributed by atoms with E-state index in [4.69, 9.17) is 0 Å². The fraction of sp³-hybridized carbons (Fsp3) is 1.00. The number of sulfonamides is 1. The molecule has 0 aromatic carbocycles. The largest absolute Gasteiger partial charge is 0.260 e. The zero-order chi connectivity index (χ0) is 9.90. The summed E-state index contributed by atoms with van der Waals surface area (Å²) in [6.07, 6.45) is 0.714. The highest BCUT2D eigenvalue weighted by atomic mass is 32.2. The first-order valence-corrected chi connectivity index (χ1v) is 7.49. The lowest BCUT2D eigenvalue weighted by Gasteiger charge is -2.17. The first-order chi connectivity index (χ1) is 6.06. The molecular formula is C7H15NO3S2. The topological polar surface area (TPSA) is 54.5 Å². The van der Waals surface area contributed by atoms with Gasteiger partial charge in [-0.3, -0.25) is 4.21 Å². The monoisotopic (exact) mass is 225 g/mol. The zero-order valence-corrected chi connectivity index (χ0v) is 9.36. The Kier molecular flexibility index (Phi) is 3.87. The quantitative estimate of drug-likeness (QED) is 0.653. The summed E-state index contributed by atoms with van der Waals surface area (Å²) in [6, 6.07) is 0. The van der Waals surface area contributed by atoms with Gasteiger partial charge in [0, 0.05) is 35.4 Å². The summed E-state index contributed by atoms with van der Waals surface area (Å²) in [5, 5.41) is 0. The molecule has 0 bridgehead atoms. The van der Waals surface area contributed by atoms with Crippen LogP contribution >= 0.6 is 0 Å². The third-order valence-corrected chi connectivity index (χ3v) is 5.37. The van der Waals surface area contributed by atoms with Crippen molar-refractivity contribution in [1.29, 1.82) is 0 Å². The fourth-order valence-corrected chi connectivity index (χ4v) is 3.62. The van der Waals surface area contributed by atoms with Gasteiger partial charge >= 0.3 is 0 Å². The molecule has 0 radical (unpaired) electrons. The predicted octanol–water partition coefficient (Wildman–Crippen LogP) is -0.210. The maximum atomic E-state index is 11.4. The normalized spacial score (nSPS) is 27.0. The van der Waals surface area contributed by atoms with Crippen LogP contribution < -0.4 is 0 Å². The first-order valence-electron chi connectivity index (χ1n) is 4.39. The SMILES string of the molecule is CCS(=O)(=O)N1CCCS(=O)CC1. The Balaban J connectivity index is 2.67. The Morgan fingerprint density at radius 3 is 2.62 bits per heavy atom.